The molecular weight excluding hydrogens is 366 g/mol. The summed E-state index contributed by atoms with van der Waals surface area (Å²) in [5.74, 6) is 0.985. The number of aryl methyl sites for hydroxylation is 1. The van der Waals surface area contributed by atoms with Crippen LogP contribution in [0.3, 0.4) is 0 Å². The van der Waals surface area contributed by atoms with Crippen LogP contribution in [-0.4, -0.2) is 75.1 Å². The molecule has 0 radical (unpaired) electrons. The molecule has 2 fully saturated rings. The molecule has 0 aliphatic carbocycles. The van der Waals surface area contributed by atoms with Crippen LogP contribution in [0, 0.1) is 18.8 Å². The Morgan fingerprint density at radius 2 is 1.97 bits per heavy atom. The van der Waals surface area contributed by atoms with Gasteiger partial charge < -0.3 is 14.9 Å². The third-order valence-electron chi connectivity index (χ3n) is 6.17. The number of likely N-dealkylation sites (tertiary alicyclic amines) is 2. The van der Waals surface area contributed by atoms with Gasteiger partial charge in [0.05, 0.1) is 11.3 Å². The van der Waals surface area contributed by atoms with Gasteiger partial charge in [-0.25, -0.2) is 9.97 Å². The quantitative estimate of drug-likeness (QED) is 0.834. The molecule has 2 aliphatic heterocycles. The Morgan fingerprint density at radius 1 is 1.17 bits per heavy atom. The normalized spacial score (nSPS) is 22.8. The maximum absolute atomic E-state index is 13.2. The number of pyridine rings is 1. The van der Waals surface area contributed by atoms with E-state index in [4.69, 9.17) is 0 Å². The van der Waals surface area contributed by atoms with Gasteiger partial charge in [0.25, 0.3) is 5.91 Å². The summed E-state index contributed by atoms with van der Waals surface area (Å²) in [5, 5.41) is 9.87. The molecule has 0 bridgehead atoms. The second kappa shape index (κ2) is 8.97. The van der Waals surface area contributed by atoms with Gasteiger partial charge >= 0.3 is 0 Å². The molecule has 0 aromatic carbocycles. The average molecular weight is 396 g/mol. The van der Waals surface area contributed by atoms with Gasteiger partial charge in [-0.05, 0) is 50.9 Å². The SMILES string of the molecule is Cc1nc(-c2cccnc2)ncc1C(=O)N1CC(CO)C(CN2CCCCC2)C1. The van der Waals surface area contributed by atoms with E-state index in [9.17, 15) is 9.90 Å². The highest BCUT2D eigenvalue weighted by molar-refractivity contribution is 5.95. The molecular formula is C22H29N5O2. The van der Waals surface area contributed by atoms with Gasteiger partial charge in [0, 0.05) is 56.3 Å². The van der Waals surface area contributed by atoms with Gasteiger partial charge in [0.2, 0.25) is 0 Å². The Hall–Kier alpha value is -2.38. The van der Waals surface area contributed by atoms with E-state index in [1.807, 2.05) is 24.0 Å². The number of aliphatic hydroxyl groups excluding tert-OH is 1. The van der Waals surface area contributed by atoms with E-state index in [1.54, 1.807) is 18.6 Å². The van der Waals surface area contributed by atoms with Crippen molar-refractivity contribution in [2.45, 2.75) is 26.2 Å². The van der Waals surface area contributed by atoms with Crippen molar-refractivity contribution in [1.82, 2.24) is 24.8 Å². The molecule has 1 N–H and O–H groups in total. The van der Waals surface area contributed by atoms with E-state index in [0.29, 0.717) is 36.1 Å². The summed E-state index contributed by atoms with van der Waals surface area (Å²) in [7, 11) is 0. The molecule has 29 heavy (non-hydrogen) atoms. The van der Waals surface area contributed by atoms with Crippen LogP contribution >= 0.6 is 0 Å². The maximum Gasteiger partial charge on any atom is 0.257 e. The van der Waals surface area contributed by atoms with E-state index < -0.39 is 0 Å². The Labute approximate surface area is 171 Å². The fraction of sp³-hybridized carbons (Fsp3) is 0.545. The highest BCUT2D eigenvalue weighted by atomic mass is 16.3. The molecule has 2 saturated heterocycles. The van der Waals surface area contributed by atoms with Crippen LogP contribution in [0.2, 0.25) is 0 Å². The van der Waals surface area contributed by atoms with E-state index in [2.05, 4.69) is 19.9 Å². The zero-order valence-electron chi connectivity index (χ0n) is 17.0. The molecule has 1 amide bonds. The minimum Gasteiger partial charge on any atom is -0.396 e. The van der Waals surface area contributed by atoms with E-state index in [-0.39, 0.29) is 18.4 Å². The lowest BCUT2D eigenvalue weighted by molar-refractivity contribution is 0.0777. The number of carbonyl (C=O) groups excluding carboxylic acids is 1. The fourth-order valence-electron chi connectivity index (χ4n) is 4.47. The van der Waals surface area contributed by atoms with Crippen LogP contribution in [0.25, 0.3) is 11.4 Å². The molecule has 2 atom stereocenters. The number of nitrogens with zero attached hydrogens (tertiary/aromatic N) is 5. The van der Waals surface area contributed by atoms with Crippen LogP contribution in [0.1, 0.15) is 35.3 Å². The summed E-state index contributed by atoms with van der Waals surface area (Å²) >= 11 is 0. The molecule has 4 rings (SSSR count). The number of amides is 1. The van der Waals surface area contributed by atoms with Crippen molar-refractivity contribution in [1.29, 1.82) is 0 Å². The number of hydrogen-bond acceptors (Lipinski definition) is 6. The lowest BCUT2D eigenvalue weighted by atomic mass is 9.95. The third-order valence-corrected chi connectivity index (χ3v) is 6.17. The van der Waals surface area contributed by atoms with Crippen molar-refractivity contribution in [3.05, 3.63) is 42.0 Å². The van der Waals surface area contributed by atoms with Crippen molar-refractivity contribution in [2.24, 2.45) is 11.8 Å². The average Bonchev–Trinajstić information content (AvgIpc) is 3.17. The van der Waals surface area contributed by atoms with Crippen LogP contribution in [0.15, 0.2) is 30.7 Å². The minimum absolute atomic E-state index is 0.0418. The van der Waals surface area contributed by atoms with Crippen LogP contribution in [0.5, 0.6) is 0 Å². The smallest absolute Gasteiger partial charge is 0.257 e. The number of aliphatic hydroxyl groups is 1. The van der Waals surface area contributed by atoms with Gasteiger partial charge in [0.1, 0.15) is 0 Å². The molecule has 2 aromatic heterocycles. The monoisotopic (exact) mass is 395 g/mol. The minimum atomic E-state index is -0.0418. The van der Waals surface area contributed by atoms with Crippen molar-refractivity contribution in [3.63, 3.8) is 0 Å². The topological polar surface area (TPSA) is 82.5 Å². The Balaban J connectivity index is 1.46. The molecule has 0 saturated carbocycles. The fourth-order valence-corrected chi connectivity index (χ4v) is 4.47. The second-order valence-electron chi connectivity index (χ2n) is 8.21. The molecule has 4 heterocycles. The first-order valence-corrected chi connectivity index (χ1v) is 10.5. The van der Waals surface area contributed by atoms with E-state index in [0.717, 1.165) is 25.2 Å². The largest absolute Gasteiger partial charge is 0.396 e. The lowest BCUT2D eigenvalue weighted by Crippen LogP contribution is -2.37. The summed E-state index contributed by atoms with van der Waals surface area (Å²) in [4.78, 5) is 30.5. The molecule has 2 unspecified atom stereocenters. The highest BCUT2D eigenvalue weighted by Gasteiger charge is 2.36. The Kier molecular flexibility index (Phi) is 6.16. The van der Waals surface area contributed by atoms with Gasteiger partial charge in [-0.3, -0.25) is 9.78 Å². The molecule has 154 valence electrons. The van der Waals surface area contributed by atoms with Crippen molar-refractivity contribution >= 4 is 5.91 Å². The van der Waals surface area contributed by atoms with E-state index >= 15 is 0 Å². The number of carbonyl (C=O) groups is 1. The zero-order chi connectivity index (χ0) is 20.2. The number of rotatable bonds is 5. The zero-order valence-corrected chi connectivity index (χ0v) is 17.0. The van der Waals surface area contributed by atoms with Crippen LogP contribution in [0.4, 0.5) is 0 Å². The molecule has 7 heteroatoms. The summed E-state index contributed by atoms with van der Waals surface area (Å²) in [5.41, 5.74) is 2.04. The Bertz CT molecular complexity index is 838. The second-order valence-corrected chi connectivity index (χ2v) is 8.21. The van der Waals surface area contributed by atoms with E-state index in [1.165, 1.54) is 19.3 Å². The van der Waals surface area contributed by atoms with Gasteiger partial charge in [0.15, 0.2) is 5.82 Å². The standard InChI is InChI=1S/C22H29N5O2/c1-16-20(11-24-21(25-16)17-6-5-7-23-10-17)22(29)27-13-18(19(14-27)15-28)12-26-8-3-2-4-9-26/h5-7,10-11,18-19,28H,2-4,8-9,12-15H2,1H3. The van der Waals surface area contributed by atoms with Gasteiger partial charge in [-0.15, -0.1) is 0 Å². The van der Waals surface area contributed by atoms with Crippen molar-refractivity contribution in [3.8, 4) is 11.4 Å². The van der Waals surface area contributed by atoms with Crippen LogP contribution in [-0.2, 0) is 0 Å². The number of aromatic nitrogens is 3. The first kappa shape index (κ1) is 19.9. The highest BCUT2D eigenvalue weighted by Crippen LogP contribution is 2.27. The number of hydrogen-bond donors (Lipinski definition) is 1. The molecule has 2 aliphatic rings. The van der Waals surface area contributed by atoms with Gasteiger partial charge in [-0.1, -0.05) is 6.42 Å². The summed E-state index contributed by atoms with van der Waals surface area (Å²) in [6.07, 6.45) is 8.85. The first-order valence-electron chi connectivity index (χ1n) is 10.5. The molecule has 7 nitrogen and oxygen atoms in total. The molecule has 2 aromatic rings. The third kappa shape index (κ3) is 4.46. The first-order chi connectivity index (χ1) is 14.2. The predicted octanol–water partition coefficient (Wildman–Crippen LogP) is 2.01. The van der Waals surface area contributed by atoms with Crippen molar-refractivity contribution < 1.29 is 9.90 Å². The number of piperidine rings is 1. The maximum atomic E-state index is 13.2. The predicted molar refractivity (Wildman–Crippen MR) is 110 cm³/mol. The summed E-state index contributed by atoms with van der Waals surface area (Å²) < 4.78 is 0. The summed E-state index contributed by atoms with van der Waals surface area (Å²) in [6.45, 7) is 6.47. The lowest BCUT2D eigenvalue weighted by Gasteiger charge is -2.30. The summed E-state index contributed by atoms with van der Waals surface area (Å²) in [6, 6.07) is 3.75. The van der Waals surface area contributed by atoms with Crippen LogP contribution < -0.4 is 0 Å². The van der Waals surface area contributed by atoms with Gasteiger partial charge in [-0.2, -0.15) is 0 Å². The Morgan fingerprint density at radius 3 is 2.66 bits per heavy atom. The molecule has 0 spiro atoms. The van der Waals surface area contributed by atoms with Crippen molar-refractivity contribution in [2.75, 3.05) is 39.3 Å².